The molecule has 2 heteroatoms. The molecule has 7 aromatic carbocycles. The van der Waals surface area contributed by atoms with Crippen molar-refractivity contribution in [2.75, 3.05) is 0 Å². The highest BCUT2D eigenvalue weighted by molar-refractivity contribution is 9.10. The predicted molar refractivity (Wildman–Crippen MR) is 182 cm³/mol. The summed E-state index contributed by atoms with van der Waals surface area (Å²) in [5, 5.41) is 5.09. The van der Waals surface area contributed by atoms with Gasteiger partial charge in [0.2, 0.25) is 0 Å². The van der Waals surface area contributed by atoms with Crippen molar-refractivity contribution in [3.05, 3.63) is 162 Å². The molecule has 0 atom stereocenters. The lowest BCUT2D eigenvalue weighted by Crippen LogP contribution is -1.94. The fourth-order valence-electron chi connectivity index (χ4n) is 6.20. The Morgan fingerprint density at radius 3 is 1.76 bits per heavy atom. The summed E-state index contributed by atoms with van der Waals surface area (Å²) in [4.78, 5) is 0. The molecule has 0 aliphatic heterocycles. The molecule has 1 aromatic heterocycles. The van der Waals surface area contributed by atoms with Gasteiger partial charge in [-0.2, -0.15) is 0 Å². The summed E-state index contributed by atoms with van der Waals surface area (Å²) in [7, 11) is 0. The van der Waals surface area contributed by atoms with Crippen molar-refractivity contribution in [3.8, 4) is 39.1 Å². The summed E-state index contributed by atoms with van der Waals surface area (Å²) in [5.41, 5.74) is 10.9. The maximum Gasteiger partial charge on any atom is 0.0547 e. The maximum atomic E-state index is 3.56. The molecule has 0 saturated carbocycles. The number of rotatable bonds is 4. The molecule has 42 heavy (non-hydrogen) atoms. The first-order valence-electron chi connectivity index (χ1n) is 14.2. The van der Waals surface area contributed by atoms with Gasteiger partial charge in [-0.25, -0.2) is 0 Å². The van der Waals surface area contributed by atoms with E-state index in [2.05, 4.69) is 178 Å². The fourth-order valence-corrected chi connectivity index (χ4v) is 6.47. The molecule has 0 radical (unpaired) electrons. The van der Waals surface area contributed by atoms with Crippen LogP contribution in [0.1, 0.15) is 0 Å². The Morgan fingerprint density at radius 1 is 0.381 bits per heavy atom. The lowest BCUT2D eigenvalue weighted by molar-refractivity contribution is 1.18. The molecule has 0 aliphatic rings. The molecule has 8 rings (SSSR count). The second-order valence-electron chi connectivity index (χ2n) is 10.7. The van der Waals surface area contributed by atoms with Gasteiger partial charge in [-0.1, -0.05) is 125 Å². The highest BCUT2D eigenvalue weighted by atomic mass is 79.9. The highest BCUT2D eigenvalue weighted by Crippen LogP contribution is 2.39. The van der Waals surface area contributed by atoms with Crippen LogP contribution in [-0.2, 0) is 0 Å². The van der Waals surface area contributed by atoms with Crippen LogP contribution in [0.4, 0.5) is 0 Å². The average molecular weight is 601 g/mol. The van der Waals surface area contributed by atoms with Gasteiger partial charge in [-0.15, -0.1) is 0 Å². The SMILES string of the molecule is Brc1ccc(-c2cccc(-c3ccc4c(c3)c3c5ccccc5ccc3n4-c3ccc(-c4ccccc4)cc3)c2)cc1. The van der Waals surface area contributed by atoms with Crippen LogP contribution in [0.3, 0.4) is 0 Å². The van der Waals surface area contributed by atoms with Crippen LogP contribution < -0.4 is 0 Å². The van der Waals surface area contributed by atoms with Crippen molar-refractivity contribution in [1.29, 1.82) is 0 Å². The predicted octanol–water partition coefficient (Wildman–Crippen LogP) is 11.7. The Balaban J connectivity index is 1.33. The fraction of sp³-hybridized carbons (Fsp3) is 0. The molecular weight excluding hydrogens is 574 g/mol. The van der Waals surface area contributed by atoms with Crippen LogP contribution in [0.5, 0.6) is 0 Å². The molecule has 1 heterocycles. The van der Waals surface area contributed by atoms with Crippen molar-refractivity contribution >= 4 is 48.5 Å². The molecule has 0 fully saturated rings. The molecule has 0 bridgehead atoms. The number of hydrogen-bond acceptors (Lipinski definition) is 0. The summed E-state index contributed by atoms with van der Waals surface area (Å²) >= 11 is 3.56. The van der Waals surface area contributed by atoms with Gasteiger partial charge < -0.3 is 4.57 Å². The molecule has 0 aliphatic carbocycles. The Morgan fingerprint density at radius 2 is 0.952 bits per heavy atom. The van der Waals surface area contributed by atoms with E-state index in [0.717, 1.165) is 10.2 Å². The number of halogens is 1. The van der Waals surface area contributed by atoms with Gasteiger partial charge in [0.25, 0.3) is 0 Å². The summed E-state index contributed by atoms with van der Waals surface area (Å²) in [6.07, 6.45) is 0. The van der Waals surface area contributed by atoms with E-state index in [1.54, 1.807) is 0 Å². The molecule has 0 unspecified atom stereocenters. The monoisotopic (exact) mass is 599 g/mol. The van der Waals surface area contributed by atoms with Crippen molar-refractivity contribution in [3.63, 3.8) is 0 Å². The van der Waals surface area contributed by atoms with Crippen LogP contribution in [0.25, 0.3) is 71.6 Å². The smallest absolute Gasteiger partial charge is 0.0547 e. The molecule has 0 N–H and O–H groups in total. The van der Waals surface area contributed by atoms with Crippen LogP contribution in [0.2, 0.25) is 0 Å². The zero-order valence-electron chi connectivity index (χ0n) is 22.8. The summed E-state index contributed by atoms with van der Waals surface area (Å²) in [5.74, 6) is 0. The number of hydrogen-bond donors (Lipinski definition) is 0. The topological polar surface area (TPSA) is 4.93 Å². The van der Waals surface area contributed by atoms with E-state index in [4.69, 9.17) is 0 Å². The van der Waals surface area contributed by atoms with Gasteiger partial charge in [0.15, 0.2) is 0 Å². The minimum absolute atomic E-state index is 1.09. The molecule has 0 spiro atoms. The van der Waals surface area contributed by atoms with Gasteiger partial charge in [0.05, 0.1) is 11.0 Å². The first-order chi connectivity index (χ1) is 20.7. The largest absolute Gasteiger partial charge is 0.309 e. The Hall–Kier alpha value is -4.92. The van der Waals surface area contributed by atoms with E-state index in [1.165, 1.54) is 66.0 Å². The van der Waals surface area contributed by atoms with Crippen LogP contribution in [0, 0.1) is 0 Å². The molecule has 198 valence electrons. The molecule has 0 amide bonds. The molecule has 0 saturated heterocycles. The zero-order chi connectivity index (χ0) is 28.0. The summed E-state index contributed by atoms with van der Waals surface area (Å²) < 4.78 is 3.50. The van der Waals surface area contributed by atoms with Crippen molar-refractivity contribution < 1.29 is 0 Å². The quantitative estimate of drug-likeness (QED) is 0.189. The minimum Gasteiger partial charge on any atom is -0.309 e. The first kappa shape index (κ1) is 24.8. The highest BCUT2D eigenvalue weighted by Gasteiger charge is 2.16. The van der Waals surface area contributed by atoms with Crippen molar-refractivity contribution in [1.82, 2.24) is 4.57 Å². The number of aromatic nitrogens is 1. The van der Waals surface area contributed by atoms with E-state index >= 15 is 0 Å². The molecule has 8 aromatic rings. The third-order valence-electron chi connectivity index (χ3n) is 8.26. The summed E-state index contributed by atoms with van der Waals surface area (Å²) in [6, 6.07) is 57.0. The minimum atomic E-state index is 1.09. The van der Waals surface area contributed by atoms with Crippen LogP contribution in [0.15, 0.2) is 162 Å². The van der Waals surface area contributed by atoms with Gasteiger partial charge >= 0.3 is 0 Å². The van der Waals surface area contributed by atoms with Crippen LogP contribution in [-0.4, -0.2) is 4.57 Å². The van der Waals surface area contributed by atoms with Gasteiger partial charge in [0, 0.05) is 20.9 Å². The third kappa shape index (κ3) is 4.24. The summed E-state index contributed by atoms with van der Waals surface area (Å²) in [6.45, 7) is 0. The van der Waals surface area contributed by atoms with Crippen molar-refractivity contribution in [2.45, 2.75) is 0 Å². The van der Waals surface area contributed by atoms with Crippen molar-refractivity contribution in [2.24, 2.45) is 0 Å². The van der Waals surface area contributed by atoms with E-state index < -0.39 is 0 Å². The second kappa shape index (κ2) is 10.2. The maximum absolute atomic E-state index is 3.56. The van der Waals surface area contributed by atoms with E-state index in [9.17, 15) is 0 Å². The zero-order valence-corrected chi connectivity index (χ0v) is 24.4. The van der Waals surface area contributed by atoms with E-state index in [0.29, 0.717) is 0 Å². The second-order valence-corrected chi connectivity index (χ2v) is 11.7. The Bertz CT molecular complexity index is 2220. The van der Waals surface area contributed by atoms with Gasteiger partial charge in [-0.3, -0.25) is 0 Å². The number of fused-ring (bicyclic) bond motifs is 5. The normalized spacial score (nSPS) is 11.5. The van der Waals surface area contributed by atoms with E-state index in [1.807, 2.05) is 0 Å². The number of benzene rings is 7. The van der Waals surface area contributed by atoms with Gasteiger partial charge in [0.1, 0.15) is 0 Å². The van der Waals surface area contributed by atoms with E-state index in [-0.39, 0.29) is 0 Å². The number of nitrogens with zero attached hydrogens (tertiary/aromatic N) is 1. The standard InChI is InChI=1S/C40H26BrN/c41-34-19-13-29(14-20-34)31-10-6-11-32(25-31)33-18-23-38-37(26-33)40-36-12-5-4-9-30(36)17-24-39(40)42(38)35-21-15-28(16-22-35)27-7-2-1-3-8-27/h1-26H. The molecular formula is C40H26BrN. The average Bonchev–Trinajstić information content (AvgIpc) is 3.40. The molecule has 1 nitrogen and oxygen atoms in total. The Kier molecular flexibility index (Phi) is 6.01. The third-order valence-corrected chi connectivity index (χ3v) is 8.79. The lowest BCUT2D eigenvalue weighted by Gasteiger charge is -2.10. The Labute approximate surface area is 253 Å². The lowest BCUT2D eigenvalue weighted by atomic mass is 9.97. The first-order valence-corrected chi connectivity index (χ1v) is 15.0. The van der Waals surface area contributed by atoms with Gasteiger partial charge in [-0.05, 0) is 92.7 Å². The van der Waals surface area contributed by atoms with Crippen LogP contribution >= 0.6 is 15.9 Å².